The molecule has 1 saturated carbocycles. The highest BCUT2D eigenvalue weighted by atomic mass is 19.2. The summed E-state index contributed by atoms with van der Waals surface area (Å²) in [6.45, 7) is -0.343. The molecule has 0 aromatic heterocycles. The molecular formula is C19H21F5N2O3. The first-order chi connectivity index (χ1) is 13.8. The molecule has 2 rings (SSSR count). The lowest BCUT2D eigenvalue weighted by molar-refractivity contribution is -0.128. The molecule has 0 saturated heterocycles. The van der Waals surface area contributed by atoms with Gasteiger partial charge in [-0.1, -0.05) is 19.3 Å². The van der Waals surface area contributed by atoms with Crippen LogP contribution in [0.3, 0.4) is 0 Å². The van der Waals surface area contributed by atoms with Gasteiger partial charge in [-0.3, -0.25) is 9.59 Å². The van der Waals surface area contributed by atoms with Gasteiger partial charge in [-0.2, -0.15) is 0 Å². The first-order valence-corrected chi connectivity index (χ1v) is 9.14. The van der Waals surface area contributed by atoms with E-state index in [2.05, 4.69) is 10.6 Å². The highest BCUT2D eigenvalue weighted by Crippen LogP contribution is 2.24. The van der Waals surface area contributed by atoms with Crippen LogP contribution in [0.1, 0.15) is 37.7 Å². The van der Waals surface area contributed by atoms with Crippen LogP contribution in [0.2, 0.25) is 0 Å². The Hall–Kier alpha value is -2.49. The summed E-state index contributed by atoms with van der Waals surface area (Å²) in [5, 5.41) is 14.0. The van der Waals surface area contributed by atoms with Gasteiger partial charge in [-0.25, -0.2) is 22.0 Å². The van der Waals surface area contributed by atoms with E-state index in [1.54, 1.807) is 0 Å². The van der Waals surface area contributed by atoms with Gasteiger partial charge in [-0.15, -0.1) is 0 Å². The predicted octanol–water partition coefficient (Wildman–Crippen LogP) is 2.57. The second-order valence-electron chi connectivity index (χ2n) is 6.81. The third kappa shape index (κ3) is 5.75. The van der Waals surface area contributed by atoms with E-state index in [1.807, 2.05) is 0 Å². The van der Waals surface area contributed by atoms with Crippen molar-refractivity contribution in [1.29, 1.82) is 0 Å². The number of amides is 2. The molecule has 5 nitrogen and oxygen atoms in total. The Bertz CT molecular complexity index is 766. The second kappa shape index (κ2) is 10.3. The van der Waals surface area contributed by atoms with E-state index >= 15 is 0 Å². The molecule has 1 aromatic rings. The lowest BCUT2D eigenvalue weighted by Gasteiger charge is -2.23. The molecule has 2 amide bonds. The van der Waals surface area contributed by atoms with Crippen LogP contribution >= 0.6 is 0 Å². The zero-order chi connectivity index (χ0) is 21.6. The summed E-state index contributed by atoms with van der Waals surface area (Å²) in [4.78, 5) is 24.0. The Morgan fingerprint density at radius 3 is 2.07 bits per heavy atom. The molecule has 1 fully saturated rings. The fourth-order valence-electron chi connectivity index (χ4n) is 3.10. The van der Waals surface area contributed by atoms with Gasteiger partial charge in [0.15, 0.2) is 23.3 Å². The minimum absolute atomic E-state index is 0.317. The van der Waals surface area contributed by atoms with E-state index in [0.29, 0.717) is 24.6 Å². The number of carbonyl (C=O) groups excluding carboxylic acids is 2. The minimum atomic E-state index is -2.31. The second-order valence-corrected chi connectivity index (χ2v) is 6.81. The number of rotatable bonds is 7. The molecule has 0 radical (unpaired) electrons. The Morgan fingerprint density at radius 2 is 1.52 bits per heavy atom. The van der Waals surface area contributed by atoms with Crippen molar-refractivity contribution < 1.29 is 36.6 Å². The standard InChI is InChI=1S/C19H21F5N2O3/c20-14-11(15(21)17(23)18(24)16(14)22)6-7-13(28)26-12(9-27)19(29)25-8-10-4-2-1-3-5-10/h6-7,10,12,27H,1-5,8-9H2,(H,25,29)(H,26,28)/t12-/m0/s1. The van der Waals surface area contributed by atoms with Crippen LogP contribution in [-0.2, 0) is 9.59 Å². The zero-order valence-corrected chi connectivity index (χ0v) is 15.4. The first kappa shape index (κ1) is 22.8. The average Bonchev–Trinajstić information content (AvgIpc) is 2.73. The van der Waals surface area contributed by atoms with E-state index in [0.717, 1.165) is 32.1 Å². The van der Waals surface area contributed by atoms with E-state index in [-0.39, 0.29) is 0 Å². The fraction of sp³-hybridized carbons (Fsp3) is 0.474. The van der Waals surface area contributed by atoms with Crippen LogP contribution in [0.25, 0.3) is 6.08 Å². The Balaban J connectivity index is 1.98. The zero-order valence-electron chi connectivity index (χ0n) is 15.4. The highest BCUT2D eigenvalue weighted by Gasteiger charge is 2.25. The van der Waals surface area contributed by atoms with Crippen LogP contribution in [0, 0.1) is 35.0 Å². The summed E-state index contributed by atoms with van der Waals surface area (Å²) in [5.41, 5.74) is -1.29. The molecule has 29 heavy (non-hydrogen) atoms. The van der Waals surface area contributed by atoms with Crippen molar-refractivity contribution in [1.82, 2.24) is 10.6 Å². The van der Waals surface area contributed by atoms with Gasteiger partial charge < -0.3 is 15.7 Å². The molecule has 1 atom stereocenters. The number of hydrogen-bond acceptors (Lipinski definition) is 3. The molecule has 10 heteroatoms. The summed E-state index contributed by atoms with van der Waals surface area (Å²) >= 11 is 0. The lowest BCUT2D eigenvalue weighted by Crippen LogP contribution is -2.49. The van der Waals surface area contributed by atoms with Crippen LogP contribution in [0.4, 0.5) is 22.0 Å². The monoisotopic (exact) mass is 420 g/mol. The molecule has 0 heterocycles. The Labute approximate surface area is 164 Å². The van der Waals surface area contributed by atoms with Gasteiger partial charge in [0, 0.05) is 12.6 Å². The normalized spacial score (nSPS) is 16.1. The van der Waals surface area contributed by atoms with Gasteiger partial charge in [0.1, 0.15) is 6.04 Å². The predicted molar refractivity (Wildman–Crippen MR) is 93.9 cm³/mol. The largest absolute Gasteiger partial charge is 0.394 e. The number of carbonyl (C=O) groups is 2. The number of aliphatic hydroxyl groups excluding tert-OH is 1. The molecule has 0 unspecified atom stereocenters. The Kier molecular flexibility index (Phi) is 8.12. The number of halogens is 5. The summed E-state index contributed by atoms with van der Waals surface area (Å²) in [5.74, 6) is -12.1. The molecule has 0 spiro atoms. The maximum absolute atomic E-state index is 13.6. The van der Waals surface area contributed by atoms with Crippen molar-refractivity contribution in [2.24, 2.45) is 5.92 Å². The first-order valence-electron chi connectivity index (χ1n) is 9.14. The topological polar surface area (TPSA) is 78.4 Å². The summed E-state index contributed by atoms with van der Waals surface area (Å²) in [7, 11) is 0. The summed E-state index contributed by atoms with van der Waals surface area (Å²) < 4.78 is 66.5. The van der Waals surface area contributed by atoms with Gasteiger partial charge in [0.2, 0.25) is 17.6 Å². The van der Waals surface area contributed by atoms with Crippen molar-refractivity contribution in [2.45, 2.75) is 38.1 Å². The highest BCUT2D eigenvalue weighted by molar-refractivity contribution is 5.95. The van der Waals surface area contributed by atoms with Gasteiger partial charge in [0.25, 0.3) is 0 Å². The van der Waals surface area contributed by atoms with E-state index in [4.69, 9.17) is 0 Å². The Morgan fingerprint density at radius 1 is 0.966 bits per heavy atom. The smallest absolute Gasteiger partial charge is 0.244 e. The number of aliphatic hydroxyl groups is 1. The molecule has 0 aliphatic heterocycles. The van der Waals surface area contributed by atoms with Crippen LogP contribution in [0.5, 0.6) is 0 Å². The van der Waals surface area contributed by atoms with E-state index in [1.165, 1.54) is 0 Å². The lowest BCUT2D eigenvalue weighted by atomic mass is 9.89. The third-order valence-electron chi connectivity index (χ3n) is 4.75. The molecule has 160 valence electrons. The number of benzene rings is 1. The van der Waals surface area contributed by atoms with Gasteiger partial charge >= 0.3 is 0 Å². The average molecular weight is 420 g/mol. The van der Waals surface area contributed by atoms with Crippen molar-refractivity contribution in [2.75, 3.05) is 13.2 Å². The quantitative estimate of drug-likeness (QED) is 0.275. The van der Waals surface area contributed by atoms with E-state index in [9.17, 15) is 36.6 Å². The fourth-order valence-corrected chi connectivity index (χ4v) is 3.10. The molecule has 1 aliphatic carbocycles. The number of hydrogen-bond donors (Lipinski definition) is 3. The van der Waals surface area contributed by atoms with Crippen LogP contribution < -0.4 is 10.6 Å². The molecular weight excluding hydrogens is 399 g/mol. The molecule has 0 bridgehead atoms. The van der Waals surface area contributed by atoms with Crippen molar-refractivity contribution in [3.63, 3.8) is 0 Å². The van der Waals surface area contributed by atoms with Crippen molar-refractivity contribution in [3.05, 3.63) is 40.7 Å². The minimum Gasteiger partial charge on any atom is -0.394 e. The third-order valence-corrected chi connectivity index (χ3v) is 4.75. The molecule has 1 aromatic carbocycles. The molecule has 1 aliphatic rings. The van der Waals surface area contributed by atoms with E-state index < -0.39 is 59.1 Å². The SMILES string of the molecule is O=C(C=Cc1c(F)c(F)c(F)c(F)c1F)N[C@@H](CO)C(=O)NCC1CCCCC1. The van der Waals surface area contributed by atoms with Crippen molar-refractivity contribution >= 4 is 17.9 Å². The van der Waals surface area contributed by atoms with Gasteiger partial charge in [0.05, 0.1) is 12.2 Å². The summed E-state index contributed by atoms with van der Waals surface area (Å²) in [6, 6.07) is -1.33. The van der Waals surface area contributed by atoms with Gasteiger partial charge in [-0.05, 0) is 24.8 Å². The van der Waals surface area contributed by atoms with Crippen molar-refractivity contribution in [3.8, 4) is 0 Å². The summed E-state index contributed by atoms with van der Waals surface area (Å²) in [6.07, 6.45) is 6.15. The maximum Gasteiger partial charge on any atom is 0.244 e. The van der Waals surface area contributed by atoms with Crippen LogP contribution in [0.15, 0.2) is 6.08 Å². The maximum atomic E-state index is 13.6. The number of nitrogens with one attached hydrogen (secondary N) is 2. The van der Waals surface area contributed by atoms with Crippen LogP contribution in [-0.4, -0.2) is 36.1 Å². The molecule has 3 N–H and O–H groups in total.